The van der Waals surface area contributed by atoms with Crippen LogP contribution in [0, 0.1) is 17.3 Å². The van der Waals surface area contributed by atoms with E-state index in [4.69, 9.17) is 4.74 Å². The summed E-state index contributed by atoms with van der Waals surface area (Å²) < 4.78 is 9.70. The molecule has 2 rings (SSSR count). The molecule has 0 saturated heterocycles. The standard InChI is InChI=1S/C15H18O5/c1-15-9(7-13(17)20-3)5-4-6-10(15)11(16)8-12(19-2)14(15)18/h4-5,8-10H,6-7H2,1-3H3/t9-,10+,15-/m1/s1. The van der Waals surface area contributed by atoms with E-state index in [0.717, 1.165) is 0 Å². The van der Waals surface area contributed by atoms with Gasteiger partial charge in [-0.2, -0.15) is 0 Å². The summed E-state index contributed by atoms with van der Waals surface area (Å²) in [5.74, 6) is -1.46. The molecule has 0 aliphatic heterocycles. The average Bonchev–Trinajstić information content (AvgIpc) is 2.44. The second-order valence-corrected chi connectivity index (χ2v) is 5.33. The Morgan fingerprint density at radius 2 is 2.10 bits per heavy atom. The Morgan fingerprint density at radius 1 is 1.40 bits per heavy atom. The number of ether oxygens (including phenoxy) is 2. The summed E-state index contributed by atoms with van der Waals surface area (Å²) in [4.78, 5) is 36.3. The maximum atomic E-state index is 12.6. The summed E-state index contributed by atoms with van der Waals surface area (Å²) in [5, 5.41) is 0. The quantitative estimate of drug-likeness (QED) is 0.577. The van der Waals surface area contributed by atoms with Crippen molar-refractivity contribution >= 4 is 17.5 Å². The summed E-state index contributed by atoms with van der Waals surface area (Å²) in [5.41, 5.74) is -0.944. The highest BCUT2D eigenvalue weighted by molar-refractivity contribution is 6.12. The first kappa shape index (κ1) is 14.5. The zero-order valence-electron chi connectivity index (χ0n) is 11.8. The summed E-state index contributed by atoms with van der Waals surface area (Å²) in [6, 6.07) is 0. The number of carbonyl (C=O) groups excluding carboxylic acids is 3. The van der Waals surface area contributed by atoms with Crippen molar-refractivity contribution < 1.29 is 23.9 Å². The van der Waals surface area contributed by atoms with E-state index < -0.39 is 17.3 Å². The van der Waals surface area contributed by atoms with E-state index in [-0.39, 0.29) is 29.7 Å². The molecule has 0 aromatic rings. The highest BCUT2D eigenvalue weighted by atomic mass is 16.5. The van der Waals surface area contributed by atoms with E-state index in [1.807, 2.05) is 12.2 Å². The topological polar surface area (TPSA) is 69.7 Å². The van der Waals surface area contributed by atoms with Gasteiger partial charge in [-0.3, -0.25) is 14.4 Å². The minimum Gasteiger partial charge on any atom is -0.493 e. The van der Waals surface area contributed by atoms with Gasteiger partial charge in [-0.15, -0.1) is 0 Å². The molecule has 20 heavy (non-hydrogen) atoms. The van der Waals surface area contributed by atoms with Crippen LogP contribution in [-0.2, 0) is 23.9 Å². The molecule has 0 aromatic carbocycles. The number of hydrogen-bond acceptors (Lipinski definition) is 5. The van der Waals surface area contributed by atoms with E-state index in [2.05, 4.69) is 4.74 Å². The fourth-order valence-electron chi connectivity index (χ4n) is 3.08. The van der Waals surface area contributed by atoms with Crippen molar-refractivity contribution in [3.63, 3.8) is 0 Å². The van der Waals surface area contributed by atoms with Crippen LogP contribution < -0.4 is 0 Å². The summed E-state index contributed by atoms with van der Waals surface area (Å²) in [6.07, 6.45) is 5.54. The first-order chi connectivity index (χ1) is 9.44. The fraction of sp³-hybridized carbons (Fsp3) is 0.533. The molecule has 0 amide bonds. The Bertz CT molecular complexity index is 516. The van der Waals surface area contributed by atoms with Crippen molar-refractivity contribution in [2.75, 3.05) is 14.2 Å². The number of ketones is 2. The summed E-state index contributed by atoms with van der Waals surface area (Å²) >= 11 is 0. The Morgan fingerprint density at radius 3 is 2.70 bits per heavy atom. The Kier molecular flexibility index (Phi) is 3.79. The van der Waals surface area contributed by atoms with Crippen LogP contribution in [0.4, 0.5) is 0 Å². The van der Waals surface area contributed by atoms with Crippen molar-refractivity contribution in [1.29, 1.82) is 0 Å². The third kappa shape index (κ3) is 2.07. The molecule has 0 N–H and O–H groups in total. The Balaban J connectivity index is 2.42. The highest BCUT2D eigenvalue weighted by Crippen LogP contribution is 2.48. The van der Waals surface area contributed by atoms with Crippen molar-refractivity contribution in [2.24, 2.45) is 17.3 Å². The highest BCUT2D eigenvalue weighted by Gasteiger charge is 2.54. The molecule has 0 radical (unpaired) electrons. The molecule has 2 aliphatic rings. The molecule has 0 heterocycles. The normalized spacial score (nSPS) is 32.5. The molecule has 0 spiro atoms. The van der Waals surface area contributed by atoms with E-state index in [1.165, 1.54) is 20.3 Å². The van der Waals surface area contributed by atoms with Crippen molar-refractivity contribution in [1.82, 2.24) is 0 Å². The van der Waals surface area contributed by atoms with Gasteiger partial charge in [-0.25, -0.2) is 0 Å². The number of hydrogen-bond donors (Lipinski definition) is 0. The number of rotatable bonds is 3. The number of methoxy groups -OCH3 is 2. The second-order valence-electron chi connectivity index (χ2n) is 5.33. The van der Waals surface area contributed by atoms with Gasteiger partial charge in [0.15, 0.2) is 11.5 Å². The van der Waals surface area contributed by atoms with Gasteiger partial charge in [0.05, 0.1) is 26.1 Å². The van der Waals surface area contributed by atoms with E-state index >= 15 is 0 Å². The third-order valence-electron chi connectivity index (χ3n) is 4.40. The minimum absolute atomic E-state index is 0.0684. The van der Waals surface area contributed by atoms with Gasteiger partial charge in [0.25, 0.3) is 0 Å². The van der Waals surface area contributed by atoms with Crippen molar-refractivity contribution in [2.45, 2.75) is 19.8 Å². The van der Waals surface area contributed by atoms with Crippen LogP contribution in [0.25, 0.3) is 0 Å². The van der Waals surface area contributed by atoms with E-state index in [9.17, 15) is 14.4 Å². The zero-order valence-corrected chi connectivity index (χ0v) is 11.8. The fourth-order valence-corrected chi connectivity index (χ4v) is 3.08. The van der Waals surface area contributed by atoms with Crippen LogP contribution in [-0.4, -0.2) is 31.8 Å². The average molecular weight is 278 g/mol. The van der Waals surface area contributed by atoms with Gasteiger partial charge >= 0.3 is 5.97 Å². The lowest BCUT2D eigenvalue weighted by atomic mass is 9.57. The monoisotopic (exact) mass is 278 g/mol. The third-order valence-corrected chi connectivity index (χ3v) is 4.40. The molecule has 0 aromatic heterocycles. The Labute approximate surface area is 117 Å². The molecule has 0 saturated carbocycles. The molecule has 3 atom stereocenters. The summed E-state index contributed by atoms with van der Waals surface area (Å²) in [6.45, 7) is 1.74. The van der Waals surface area contributed by atoms with E-state index in [1.54, 1.807) is 6.92 Å². The van der Waals surface area contributed by atoms with Crippen LogP contribution >= 0.6 is 0 Å². The molecule has 0 fully saturated rings. The van der Waals surface area contributed by atoms with Crippen LogP contribution in [0.2, 0.25) is 0 Å². The lowest BCUT2D eigenvalue weighted by molar-refractivity contribution is -0.148. The molecular weight excluding hydrogens is 260 g/mol. The molecule has 0 bridgehead atoms. The van der Waals surface area contributed by atoms with E-state index in [0.29, 0.717) is 6.42 Å². The lowest BCUT2D eigenvalue weighted by Gasteiger charge is -2.44. The van der Waals surface area contributed by atoms with Crippen LogP contribution in [0.1, 0.15) is 19.8 Å². The van der Waals surface area contributed by atoms with Gasteiger partial charge in [-0.05, 0) is 6.42 Å². The van der Waals surface area contributed by atoms with Gasteiger partial charge in [0, 0.05) is 17.9 Å². The predicted molar refractivity (Wildman–Crippen MR) is 70.6 cm³/mol. The van der Waals surface area contributed by atoms with Gasteiger partial charge in [0.1, 0.15) is 0 Å². The largest absolute Gasteiger partial charge is 0.493 e. The molecule has 5 nitrogen and oxygen atoms in total. The maximum absolute atomic E-state index is 12.6. The van der Waals surface area contributed by atoms with Gasteiger partial charge < -0.3 is 9.47 Å². The number of carbonyl (C=O) groups is 3. The zero-order chi connectivity index (χ0) is 14.9. The number of fused-ring (bicyclic) bond motifs is 1. The molecule has 0 unspecified atom stereocenters. The SMILES string of the molecule is COC(=O)C[C@H]1C=CC[C@H]2C(=O)C=C(OC)C(=O)[C@]12C. The number of esters is 1. The number of allylic oxidation sites excluding steroid dienone is 4. The van der Waals surface area contributed by atoms with Crippen LogP contribution in [0.15, 0.2) is 24.0 Å². The maximum Gasteiger partial charge on any atom is 0.306 e. The van der Waals surface area contributed by atoms with Crippen molar-refractivity contribution in [3.05, 3.63) is 24.0 Å². The number of Topliss-reactive ketones (excluding diaryl/α,β-unsaturated/α-hetero) is 1. The first-order valence-electron chi connectivity index (χ1n) is 6.53. The summed E-state index contributed by atoms with van der Waals surface area (Å²) in [7, 11) is 2.68. The van der Waals surface area contributed by atoms with Crippen LogP contribution in [0.5, 0.6) is 0 Å². The molecule has 108 valence electrons. The molecule has 5 heteroatoms. The smallest absolute Gasteiger partial charge is 0.306 e. The molecular formula is C15H18O5. The predicted octanol–water partition coefficient (Wildman–Crippen LogP) is 1.43. The second kappa shape index (κ2) is 5.23. The van der Waals surface area contributed by atoms with Gasteiger partial charge in [0.2, 0.25) is 5.78 Å². The van der Waals surface area contributed by atoms with Crippen LogP contribution in [0.3, 0.4) is 0 Å². The first-order valence-corrected chi connectivity index (χ1v) is 6.53. The van der Waals surface area contributed by atoms with Crippen molar-refractivity contribution in [3.8, 4) is 0 Å². The Hall–Kier alpha value is -1.91. The lowest BCUT2D eigenvalue weighted by Crippen LogP contribution is -2.50. The van der Waals surface area contributed by atoms with Gasteiger partial charge in [-0.1, -0.05) is 19.1 Å². The molecule has 2 aliphatic carbocycles. The minimum atomic E-state index is -0.944.